The third-order valence-electron chi connectivity index (χ3n) is 3.52. The van der Waals surface area contributed by atoms with Gasteiger partial charge in [-0.25, -0.2) is 4.98 Å². The molecule has 0 saturated heterocycles. The van der Waals surface area contributed by atoms with Gasteiger partial charge >= 0.3 is 0 Å². The van der Waals surface area contributed by atoms with Crippen molar-refractivity contribution >= 4 is 34.3 Å². The Morgan fingerprint density at radius 3 is 2.73 bits per heavy atom. The van der Waals surface area contributed by atoms with Crippen molar-refractivity contribution in [1.29, 1.82) is 0 Å². The first-order valence-corrected chi connectivity index (χ1v) is 9.26. The van der Waals surface area contributed by atoms with Crippen LogP contribution in [-0.4, -0.2) is 24.9 Å². The second-order valence-corrected chi connectivity index (χ2v) is 6.52. The van der Waals surface area contributed by atoms with Gasteiger partial charge in [-0.15, -0.1) is 11.3 Å². The molecule has 0 radical (unpaired) electrons. The number of nitrogens with one attached hydrogen (secondary N) is 1. The molecule has 1 heterocycles. The molecule has 0 amide bonds. The number of benzene rings is 2. The largest absolute Gasteiger partial charge is 0.497 e. The lowest BCUT2D eigenvalue weighted by atomic mass is 10.2. The summed E-state index contributed by atoms with van der Waals surface area (Å²) in [5.74, 6) is 1.49. The molecule has 3 aromatic rings. The average Bonchev–Trinajstić information content (AvgIpc) is 3.13. The van der Waals surface area contributed by atoms with E-state index in [1.807, 2.05) is 54.8 Å². The summed E-state index contributed by atoms with van der Waals surface area (Å²) in [6.07, 6.45) is 1.69. The second kappa shape index (κ2) is 8.69. The van der Waals surface area contributed by atoms with Crippen molar-refractivity contribution in [1.82, 2.24) is 4.98 Å². The van der Waals surface area contributed by atoms with E-state index in [0.29, 0.717) is 22.5 Å². The molecule has 3 rings (SSSR count). The van der Waals surface area contributed by atoms with Crippen molar-refractivity contribution in [2.24, 2.45) is 5.10 Å². The third-order valence-corrected chi connectivity index (χ3v) is 4.56. The number of nitrogens with zero attached hydrogens (tertiary/aromatic N) is 2. The van der Waals surface area contributed by atoms with Gasteiger partial charge < -0.3 is 9.47 Å². The van der Waals surface area contributed by atoms with Gasteiger partial charge in [0.15, 0.2) is 0 Å². The van der Waals surface area contributed by atoms with Gasteiger partial charge in [0.05, 0.1) is 30.6 Å². The van der Waals surface area contributed by atoms with Crippen molar-refractivity contribution < 1.29 is 9.47 Å². The van der Waals surface area contributed by atoms with E-state index in [4.69, 9.17) is 21.1 Å². The number of ether oxygens (including phenoxy) is 2. The first kappa shape index (κ1) is 18.2. The van der Waals surface area contributed by atoms with E-state index < -0.39 is 0 Å². The number of thiazole rings is 1. The van der Waals surface area contributed by atoms with Gasteiger partial charge in [0.2, 0.25) is 5.13 Å². The van der Waals surface area contributed by atoms with Gasteiger partial charge in [0.1, 0.15) is 11.5 Å². The molecule has 0 bridgehead atoms. The SMILES string of the molecule is CCOc1ccc(/C=N\Nc2nc(-c3ccc(OC)cc3)cs2)cc1Cl. The Morgan fingerprint density at radius 1 is 1.23 bits per heavy atom. The van der Waals surface area contributed by atoms with Gasteiger partial charge in [-0.3, -0.25) is 5.43 Å². The lowest BCUT2D eigenvalue weighted by Crippen LogP contribution is -1.94. The van der Waals surface area contributed by atoms with E-state index in [2.05, 4.69) is 15.5 Å². The molecule has 0 aliphatic rings. The Morgan fingerprint density at radius 2 is 2.04 bits per heavy atom. The lowest BCUT2D eigenvalue weighted by molar-refractivity contribution is 0.340. The maximum atomic E-state index is 6.17. The van der Waals surface area contributed by atoms with E-state index in [1.165, 1.54) is 11.3 Å². The fourth-order valence-corrected chi connectivity index (χ4v) is 3.16. The summed E-state index contributed by atoms with van der Waals surface area (Å²) in [5, 5.41) is 7.47. The molecular weight excluding hydrogens is 370 g/mol. The van der Waals surface area contributed by atoms with E-state index >= 15 is 0 Å². The highest BCUT2D eigenvalue weighted by Gasteiger charge is 2.05. The van der Waals surface area contributed by atoms with Crippen LogP contribution in [0.25, 0.3) is 11.3 Å². The van der Waals surface area contributed by atoms with Gasteiger partial charge in [-0.2, -0.15) is 5.10 Å². The Kier molecular flexibility index (Phi) is 6.09. The van der Waals surface area contributed by atoms with Crippen LogP contribution in [0.4, 0.5) is 5.13 Å². The molecule has 0 fully saturated rings. The predicted molar refractivity (Wildman–Crippen MR) is 108 cm³/mol. The zero-order valence-electron chi connectivity index (χ0n) is 14.4. The highest BCUT2D eigenvalue weighted by molar-refractivity contribution is 7.14. The van der Waals surface area contributed by atoms with Crippen molar-refractivity contribution in [2.45, 2.75) is 6.92 Å². The van der Waals surface area contributed by atoms with Crippen LogP contribution in [-0.2, 0) is 0 Å². The molecule has 0 unspecified atom stereocenters. The molecular formula is C19H18ClN3O2S. The first-order chi connectivity index (χ1) is 12.7. The molecule has 134 valence electrons. The molecule has 0 spiro atoms. The van der Waals surface area contributed by atoms with Crippen LogP contribution in [0.2, 0.25) is 5.02 Å². The van der Waals surface area contributed by atoms with Crippen molar-refractivity contribution in [2.75, 3.05) is 19.1 Å². The number of rotatable bonds is 7. The number of hydrogen-bond donors (Lipinski definition) is 1. The maximum absolute atomic E-state index is 6.17. The minimum atomic E-state index is 0.562. The number of anilines is 1. The third kappa shape index (κ3) is 4.53. The first-order valence-electron chi connectivity index (χ1n) is 8.01. The van der Waals surface area contributed by atoms with Crippen molar-refractivity contribution in [3.05, 3.63) is 58.4 Å². The van der Waals surface area contributed by atoms with Gasteiger partial charge in [0.25, 0.3) is 0 Å². The smallest absolute Gasteiger partial charge is 0.203 e. The molecule has 1 N–H and O–H groups in total. The summed E-state index contributed by atoms with van der Waals surface area (Å²) in [5.41, 5.74) is 5.73. The minimum absolute atomic E-state index is 0.562. The van der Waals surface area contributed by atoms with Crippen LogP contribution in [0.1, 0.15) is 12.5 Å². The molecule has 0 saturated carbocycles. The van der Waals surface area contributed by atoms with Crippen LogP contribution in [0.3, 0.4) is 0 Å². The molecule has 2 aromatic carbocycles. The fraction of sp³-hybridized carbons (Fsp3) is 0.158. The van der Waals surface area contributed by atoms with E-state index in [-0.39, 0.29) is 0 Å². The molecule has 0 aliphatic carbocycles. The van der Waals surface area contributed by atoms with Crippen molar-refractivity contribution in [3.63, 3.8) is 0 Å². The topological polar surface area (TPSA) is 55.7 Å². The highest BCUT2D eigenvalue weighted by Crippen LogP contribution is 2.27. The van der Waals surface area contributed by atoms with E-state index in [9.17, 15) is 0 Å². The Labute approximate surface area is 161 Å². The predicted octanol–water partition coefficient (Wildman–Crippen LogP) is 5.32. The van der Waals surface area contributed by atoms with Crippen LogP contribution < -0.4 is 14.9 Å². The monoisotopic (exact) mass is 387 g/mol. The second-order valence-electron chi connectivity index (χ2n) is 5.26. The molecule has 7 heteroatoms. The number of aromatic nitrogens is 1. The van der Waals surface area contributed by atoms with Crippen LogP contribution >= 0.6 is 22.9 Å². The summed E-state index contributed by atoms with van der Waals surface area (Å²) in [6, 6.07) is 13.3. The van der Waals surface area contributed by atoms with Crippen LogP contribution in [0.15, 0.2) is 52.9 Å². The van der Waals surface area contributed by atoms with Gasteiger partial charge in [-0.05, 0) is 55.0 Å². The molecule has 0 atom stereocenters. The van der Waals surface area contributed by atoms with E-state index in [1.54, 1.807) is 13.3 Å². The quantitative estimate of drug-likeness (QED) is 0.440. The van der Waals surface area contributed by atoms with Crippen LogP contribution in [0.5, 0.6) is 11.5 Å². The Balaban J connectivity index is 1.64. The Bertz CT molecular complexity index is 894. The highest BCUT2D eigenvalue weighted by atomic mass is 35.5. The number of halogens is 1. The normalized spacial score (nSPS) is 10.9. The van der Waals surface area contributed by atoms with Gasteiger partial charge in [-0.1, -0.05) is 11.6 Å². The summed E-state index contributed by atoms with van der Waals surface area (Å²) in [7, 11) is 1.65. The fourth-order valence-electron chi connectivity index (χ4n) is 2.25. The molecule has 5 nitrogen and oxygen atoms in total. The standard InChI is InChI=1S/C19H18ClN3O2S/c1-3-25-18-9-4-13(10-16(18)20)11-21-23-19-22-17(12-26-19)14-5-7-15(24-2)8-6-14/h4-12H,3H2,1-2H3,(H,22,23)/b21-11-. The number of hydrogen-bond acceptors (Lipinski definition) is 6. The number of hydrazone groups is 1. The van der Waals surface area contributed by atoms with E-state index in [0.717, 1.165) is 22.6 Å². The lowest BCUT2D eigenvalue weighted by Gasteiger charge is -2.05. The molecule has 1 aromatic heterocycles. The zero-order valence-corrected chi connectivity index (χ0v) is 16.0. The minimum Gasteiger partial charge on any atom is -0.497 e. The average molecular weight is 388 g/mol. The summed E-state index contributed by atoms with van der Waals surface area (Å²) < 4.78 is 10.6. The van der Waals surface area contributed by atoms with Crippen molar-refractivity contribution in [3.8, 4) is 22.8 Å². The Hall–Kier alpha value is -2.57. The summed E-state index contributed by atoms with van der Waals surface area (Å²) >= 11 is 7.66. The molecule has 0 aliphatic heterocycles. The number of methoxy groups -OCH3 is 1. The maximum Gasteiger partial charge on any atom is 0.203 e. The zero-order chi connectivity index (χ0) is 18.4. The van der Waals surface area contributed by atoms with Crippen LogP contribution in [0, 0.1) is 0 Å². The summed E-state index contributed by atoms with van der Waals surface area (Å²) in [4.78, 5) is 4.53. The summed E-state index contributed by atoms with van der Waals surface area (Å²) in [6.45, 7) is 2.50. The van der Waals surface area contributed by atoms with Gasteiger partial charge in [0, 0.05) is 10.9 Å². The molecule has 26 heavy (non-hydrogen) atoms.